The standard InChI is InChI=1S/C17H21N3O4S/c1-4-11(3)12-6-8-13(9-7-12)18-16(21)15-14(19-20-25-15)10-24-17(22)23-5-2/h6-9,11H,4-5,10H2,1-3H3,(H,18,21). The molecular formula is C17H21N3O4S. The average molecular weight is 363 g/mol. The molecule has 1 aromatic heterocycles. The zero-order chi connectivity index (χ0) is 18.2. The van der Waals surface area contributed by atoms with E-state index >= 15 is 0 Å². The van der Waals surface area contributed by atoms with Crippen molar-refractivity contribution >= 4 is 29.3 Å². The summed E-state index contributed by atoms with van der Waals surface area (Å²) < 4.78 is 13.3. The Morgan fingerprint density at radius 3 is 2.56 bits per heavy atom. The van der Waals surface area contributed by atoms with Gasteiger partial charge in [-0.1, -0.05) is 30.5 Å². The van der Waals surface area contributed by atoms with Gasteiger partial charge in [0.1, 0.15) is 17.2 Å². The molecule has 0 aliphatic carbocycles. The molecule has 0 bridgehead atoms. The van der Waals surface area contributed by atoms with Crippen LogP contribution in [0.15, 0.2) is 24.3 Å². The number of carbonyl (C=O) groups excluding carboxylic acids is 2. The molecule has 2 rings (SSSR count). The summed E-state index contributed by atoms with van der Waals surface area (Å²) in [5.74, 6) is 0.135. The summed E-state index contributed by atoms with van der Waals surface area (Å²) in [7, 11) is 0. The van der Waals surface area contributed by atoms with E-state index in [1.807, 2.05) is 24.3 Å². The first-order chi connectivity index (χ1) is 12.0. The molecule has 0 aliphatic heterocycles. The van der Waals surface area contributed by atoms with Crippen LogP contribution in [-0.2, 0) is 16.1 Å². The first kappa shape index (κ1) is 18.9. The molecule has 1 N–H and O–H groups in total. The molecule has 25 heavy (non-hydrogen) atoms. The lowest BCUT2D eigenvalue weighted by Crippen LogP contribution is -2.14. The second kappa shape index (κ2) is 9.12. The van der Waals surface area contributed by atoms with Gasteiger partial charge in [0.2, 0.25) is 0 Å². The van der Waals surface area contributed by atoms with Crippen LogP contribution in [0.4, 0.5) is 10.5 Å². The number of amides is 1. The van der Waals surface area contributed by atoms with E-state index in [-0.39, 0.29) is 19.1 Å². The van der Waals surface area contributed by atoms with Crippen LogP contribution in [0.2, 0.25) is 0 Å². The van der Waals surface area contributed by atoms with E-state index < -0.39 is 6.16 Å². The van der Waals surface area contributed by atoms with Gasteiger partial charge in [0, 0.05) is 5.69 Å². The van der Waals surface area contributed by atoms with Gasteiger partial charge in [-0.15, -0.1) is 5.10 Å². The Balaban J connectivity index is 1.99. The summed E-state index contributed by atoms with van der Waals surface area (Å²) in [5, 5.41) is 6.64. The summed E-state index contributed by atoms with van der Waals surface area (Å²) in [5.41, 5.74) is 2.21. The Bertz CT molecular complexity index is 715. The van der Waals surface area contributed by atoms with Gasteiger partial charge in [0.15, 0.2) is 0 Å². The fourth-order valence-corrected chi connectivity index (χ4v) is 2.64. The molecule has 0 fully saturated rings. The Kier molecular flexibility index (Phi) is 6.88. The second-order valence-electron chi connectivity index (χ2n) is 5.41. The van der Waals surface area contributed by atoms with Crippen molar-refractivity contribution in [3.63, 3.8) is 0 Å². The summed E-state index contributed by atoms with van der Waals surface area (Å²) in [6.07, 6.45) is 0.254. The molecule has 1 amide bonds. The number of rotatable bonds is 7. The Morgan fingerprint density at radius 1 is 1.20 bits per heavy atom. The molecule has 0 saturated carbocycles. The molecule has 0 spiro atoms. The van der Waals surface area contributed by atoms with Crippen LogP contribution >= 0.6 is 11.5 Å². The van der Waals surface area contributed by atoms with E-state index in [1.165, 1.54) is 5.56 Å². The van der Waals surface area contributed by atoms with Crippen molar-refractivity contribution < 1.29 is 19.1 Å². The third kappa shape index (κ3) is 5.25. The highest BCUT2D eigenvalue weighted by Crippen LogP contribution is 2.21. The van der Waals surface area contributed by atoms with Crippen LogP contribution in [0, 0.1) is 0 Å². The summed E-state index contributed by atoms with van der Waals surface area (Å²) in [6, 6.07) is 7.73. The predicted octanol–water partition coefficient (Wildman–Crippen LogP) is 3.98. The molecule has 8 heteroatoms. The summed E-state index contributed by atoms with van der Waals surface area (Å²) in [4.78, 5) is 23.9. The molecular weight excluding hydrogens is 342 g/mol. The molecule has 1 atom stereocenters. The van der Waals surface area contributed by atoms with Crippen molar-refractivity contribution in [3.05, 3.63) is 40.4 Å². The lowest BCUT2D eigenvalue weighted by Gasteiger charge is -2.10. The van der Waals surface area contributed by atoms with Gasteiger partial charge in [0.25, 0.3) is 5.91 Å². The Hall–Kier alpha value is -2.48. The van der Waals surface area contributed by atoms with Crippen LogP contribution in [0.1, 0.15) is 54.0 Å². The van der Waals surface area contributed by atoms with Gasteiger partial charge in [-0.2, -0.15) is 0 Å². The first-order valence-corrected chi connectivity index (χ1v) is 8.84. The molecule has 0 radical (unpaired) electrons. The minimum Gasteiger partial charge on any atom is -0.435 e. The van der Waals surface area contributed by atoms with Gasteiger partial charge in [-0.25, -0.2) is 4.79 Å². The average Bonchev–Trinajstić information content (AvgIpc) is 3.09. The lowest BCUT2D eigenvalue weighted by molar-refractivity contribution is 0.0524. The normalized spacial score (nSPS) is 11.6. The van der Waals surface area contributed by atoms with E-state index in [0.29, 0.717) is 22.2 Å². The monoisotopic (exact) mass is 363 g/mol. The largest absolute Gasteiger partial charge is 0.508 e. The fraction of sp³-hybridized carbons (Fsp3) is 0.412. The number of carbonyl (C=O) groups is 2. The maximum absolute atomic E-state index is 12.4. The maximum Gasteiger partial charge on any atom is 0.508 e. The van der Waals surface area contributed by atoms with Crippen LogP contribution in [-0.4, -0.2) is 28.3 Å². The van der Waals surface area contributed by atoms with E-state index in [2.05, 4.69) is 33.5 Å². The number of nitrogens with one attached hydrogen (secondary N) is 1. The fourth-order valence-electron chi connectivity index (χ4n) is 2.08. The summed E-state index contributed by atoms with van der Waals surface area (Å²) in [6.45, 7) is 6.03. The molecule has 1 heterocycles. The third-order valence-corrected chi connectivity index (χ3v) is 4.47. The summed E-state index contributed by atoms with van der Waals surface area (Å²) >= 11 is 0.948. The van der Waals surface area contributed by atoms with Gasteiger partial charge in [-0.05, 0) is 48.5 Å². The van der Waals surface area contributed by atoms with E-state index in [0.717, 1.165) is 18.0 Å². The number of hydrogen-bond donors (Lipinski definition) is 1. The van der Waals surface area contributed by atoms with E-state index in [1.54, 1.807) is 6.92 Å². The van der Waals surface area contributed by atoms with Crippen molar-refractivity contribution in [2.75, 3.05) is 11.9 Å². The third-order valence-electron chi connectivity index (χ3n) is 3.70. The van der Waals surface area contributed by atoms with Crippen LogP contribution in [0.5, 0.6) is 0 Å². The molecule has 0 saturated heterocycles. The van der Waals surface area contributed by atoms with Crippen molar-refractivity contribution in [1.29, 1.82) is 0 Å². The number of hydrogen-bond acceptors (Lipinski definition) is 7. The SMILES string of the molecule is CCOC(=O)OCc1nnsc1C(=O)Nc1ccc(C(C)CC)cc1. The molecule has 0 aliphatic rings. The molecule has 7 nitrogen and oxygen atoms in total. The van der Waals surface area contributed by atoms with Gasteiger partial charge < -0.3 is 14.8 Å². The van der Waals surface area contributed by atoms with Crippen LogP contribution in [0.3, 0.4) is 0 Å². The number of nitrogens with zero attached hydrogens (tertiary/aromatic N) is 2. The Morgan fingerprint density at radius 2 is 1.92 bits per heavy atom. The van der Waals surface area contributed by atoms with Crippen molar-refractivity contribution in [3.8, 4) is 0 Å². The number of anilines is 1. The van der Waals surface area contributed by atoms with E-state index in [4.69, 9.17) is 4.74 Å². The minimum absolute atomic E-state index is 0.162. The minimum atomic E-state index is -0.803. The van der Waals surface area contributed by atoms with Gasteiger partial charge in [-0.3, -0.25) is 4.79 Å². The highest BCUT2D eigenvalue weighted by atomic mass is 32.1. The van der Waals surface area contributed by atoms with Crippen molar-refractivity contribution in [1.82, 2.24) is 9.59 Å². The second-order valence-corrected chi connectivity index (χ2v) is 6.16. The Labute approximate surface area is 150 Å². The van der Waals surface area contributed by atoms with E-state index in [9.17, 15) is 9.59 Å². The first-order valence-electron chi connectivity index (χ1n) is 8.07. The molecule has 1 unspecified atom stereocenters. The zero-order valence-electron chi connectivity index (χ0n) is 14.4. The zero-order valence-corrected chi connectivity index (χ0v) is 15.3. The quantitative estimate of drug-likeness (QED) is 0.748. The highest BCUT2D eigenvalue weighted by molar-refractivity contribution is 7.08. The number of ether oxygens (including phenoxy) is 2. The van der Waals surface area contributed by atoms with Crippen molar-refractivity contribution in [2.45, 2.75) is 39.7 Å². The number of benzene rings is 1. The lowest BCUT2D eigenvalue weighted by atomic mass is 9.99. The van der Waals surface area contributed by atoms with Gasteiger partial charge in [0.05, 0.1) is 6.61 Å². The smallest absolute Gasteiger partial charge is 0.435 e. The topological polar surface area (TPSA) is 90.4 Å². The van der Waals surface area contributed by atoms with Crippen LogP contribution in [0.25, 0.3) is 0 Å². The van der Waals surface area contributed by atoms with Gasteiger partial charge >= 0.3 is 6.16 Å². The maximum atomic E-state index is 12.4. The van der Waals surface area contributed by atoms with Crippen molar-refractivity contribution in [2.24, 2.45) is 0 Å². The van der Waals surface area contributed by atoms with Crippen LogP contribution < -0.4 is 5.32 Å². The molecule has 1 aromatic carbocycles. The highest BCUT2D eigenvalue weighted by Gasteiger charge is 2.18. The molecule has 2 aromatic rings. The number of aromatic nitrogens is 2. The molecule has 134 valence electrons. The predicted molar refractivity (Wildman–Crippen MR) is 94.8 cm³/mol.